The maximum atomic E-state index is 11.5. The van der Waals surface area contributed by atoms with E-state index in [-0.39, 0.29) is 6.04 Å². The van der Waals surface area contributed by atoms with Crippen LogP contribution in [0.4, 0.5) is 4.79 Å². The van der Waals surface area contributed by atoms with E-state index in [9.17, 15) is 9.59 Å². The molecule has 0 aromatic heterocycles. The molecule has 0 radical (unpaired) electrons. The highest BCUT2D eigenvalue weighted by Gasteiger charge is 2.17. The molecule has 0 heterocycles. The molecule has 0 aliphatic rings. The largest absolute Gasteiger partial charge is 0.351 e. The molecule has 2 atom stereocenters. The molecule has 0 spiro atoms. The lowest BCUT2D eigenvalue weighted by molar-refractivity contribution is -0.121. The summed E-state index contributed by atoms with van der Waals surface area (Å²) in [6.07, 6.45) is 0. The Morgan fingerprint density at radius 1 is 1.22 bits per heavy atom. The van der Waals surface area contributed by atoms with Gasteiger partial charge < -0.3 is 5.73 Å². The second-order valence-corrected chi connectivity index (χ2v) is 4.45. The van der Waals surface area contributed by atoms with E-state index in [1.54, 1.807) is 19.1 Å². The van der Waals surface area contributed by atoms with Crippen LogP contribution >= 0.6 is 11.6 Å². The first kappa shape index (κ1) is 14.5. The number of hydrogen-bond acceptors (Lipinski definition) is 3. The number of amides is 3. The summed E-state index contributed by atoms with van der Waals surface area (Å²) in [4.78, 5) is 22.0. The second-order valence-electron chi connectivity index (χ2n) is 4.02. The Labute approximate surface area is 111 Å². The van der Waals surface area contributed by atoms with Crippen molar-refractivity contribution in [1.82, 2.24) is 10.6 Å². The first-order valence-corrected chi connectivity index (χ1v) is 5.89. The molecule has 1 aromatic rings. The van der Waals surface area contributed by atoms with Gasteiger partial charge in [-0.1, -0.05) is 23.7 Å². The Kier molecular flexibility index (Phi) is 5.12. The molecule has 4 N–H and O–H groups in total. The Balaban J connectivity index is 2.58. The minimum atomic E-state index is -0.854. The van der Waals surface area contributed by atoms with E-state index in [0.717, 1.165) is 5.56 Å². The van der Waals surface area contributed by atoms with Gasteiger partial charge >= 0.3 is 6.03 Å². The third-order valence-corrected chi connectivity index (χ3v) is 2.76. The van der Waals surface area contributed by atoms with Crippen LogP contribution in [0.3, 0.4) is 0 Å². The monoisotopic (exact) mass is 269 g/mol. The zero-order valence-corrected chi connectivity index (χ0v) is 11.0. The SMILES string of the molecule is C[C@H](N[C@@H](C)c1ccc(Cl)cc1)C(=O)NC(N)=O. The molecular weight excluding hydrogens is 254 g/mol. The molecule has 18 heavy (non-hydrogen) atoms. The number of nitrogens with two attached hydrogens (primary N) is 1. The van der Waals surface area contributed by atoms with E-state index in [4.69, 9.17) is 17.3 Å². The second kappa shape index (κ2) is 6.37. The molecular formula is C12H16ClN3O2. The highest BCUT2D eigenvalue weighted by molar-refractivity contribution is 6.30. The van der Waals surface area contributed by atoms with E-state index < -0.39 is 18.0 Å². The lowest BCUT2D eigenvalue weighted by Crippen LogP contribution is -2.47. The Morgan fingerprint density at radius 3 is 2.28 bits per heavy atom. The van der Waals surface area contributed by atoms with Crippen LogP contribution in [0.1, 0.15) is 25.5 Å². The first-order chi connectivity index (χ1) is 8.40. The predicted molar refractivity (Wildman–Crippen MR) is 70.2 cm³/mol. The summed E-state index contributed by atoms with van der Waals surface area (Å²) in [5.74, 6) is -0.455. The molecule has 0 aliphatic carbocycles. The van der Waals surface area contributed by atoms with Gasteiger partial charge in [-0.3, -0.25) is 15.4 Å². The van der Waals surface area contributed by atoms with Crippen molar-refractivity contribution in [2.24, 2.45) is 5.73 Å². The summed E-state index contributed by atoms with van der Waals surface area (Å²) in [7, 11) is 0. The highest BCUT2D eigenvalue weighted by Crippen LogP contribution is 2.16. The van der Waals surface area contributed by atoms with Gasteiger partial charge in [0.2, 0.25) is 5.91 Å². The minimum Gasteiger partial charge on any atom is -0.351 e. The van der Waals surface area contributed by atoms with E-state index in [1.165, 1.54) is 0 Å². The van der Waals surface area contributed by atoms with Crippen LogP contribution in [0.2, 0.25) is 5.02 Å². The predicted octanol–water partition coefficient (Wildman–Crippen LogP) is 1.57. The van der Waals surface area contributed by atoms with Gasteiger partial charge in [-0.25, -0.2) is 4.79 Å². The van der Waals surface area contributed by atoms with Gasteiger partial charge in [0.1, 0.15) is 0 Å². The van der Waals surface area contributed by atoms with Crippen molar-refractivity contribution in [2.75, 3.05) is 0 Å². The van der Waals surface area contributed by atoms with Gasteiger partial charge in [0.15, 0.2) is 0 Å². The van der Waals surface area contributed by atoms with Crippen molar-refractivity contribution < 1.29 is 9.59 Å². The average molecular weight is 270 g/mol. The molecule has 98 valence electrons. The zero-order chi connectivity index (χ0) is 13.7. The lowest BCUT2D eigenvalue weighted by Gasteiger charge is -2.19. The maximum absolute atomic E-state index is 11.5. The first-order valence-electron chi connectivity index (χ1n) is 5.52. The summed E-state index contributed by atoms with van der Waals surface area (Å²) in [5.41, 5.74) is 5.87. The van der Waals surface area contributed by atoms with Gasteiger partial charge in [-0.05, 0) is 31.5 Å². The third kappa shape index (κ3) is 4.35. The Bertz CT molecular complexity index is 433. The van der Waals surface area contributed by atoms with Crippen LogP contribution in [-0.4, -0.2) is 18.0 Å². The van der Waals surface area contributed by atoms with Gasteiger partial charge in [-0.15, -0.1) is 0 Å². The average Bonchev–Trinajstić information content (AvgIpc) is 2.28. The van der Waals surface area contributed by atoms with Crippen LogP contribution in [0, 0.1) is 0 Å². The molecule has 1 aromatic carbocycles. The van der Waals surface area contributed by atoms with Gasteiger partial charge in [0, 0.05) is 11.1 Å². The zero-order valence-electron chi connectivity index (χ0n) is 10.2. The summed E-state index contributed by atoms with van der Waals surface area (Å²) in [6.45, 7) is 3.57. The number of rotatable bonds is 4. The van der Waals surface area contributed by atoms with E-state index in [2.05, 4.69) is 5.32 Å². The summed E-state index contributed by atoms with van der Waals surface area (Å²) >= 11 is 5.79. The molecule has 0 fully saturated rings. The quantitative estimate of drug-likeness (QED) is 0.776. The van der Waals surface area contributed by atoms with Crippen LogP contribution < -0.4 is 16.4 Å². The molecule has 0 bridgehead atoms. The topological polar surface area (TPSA) is 84.2 Å². The van der Waals surface area contributed by atoms with Crippen molar-refractivity contribution in [2.45, 2.75) is 25.9 Å². The van der Waals surface area contributed by atoms with Crippen molar-refractivity contribution >= 4 is 23.5 Å². The van der Waals surface area contributed by atoms with Crippen LogP contribution in [0.5, 0.6) is 0 Å². The molecule has 1 rings (SSSR count). The molecule has 0 unspecified atom stereocenters. The Morgan fingerprint density at radius 2 is 1.78 bits per heavy atom. The van der Waals surface area contributed by atoms with E-state index >= 15 is 0 Å². The minimum absolute atomic E-state index is 0.0455. The number of nitrogens with one attached hydrogen (secondary N) is 2. The fraction of sp³-hybridized carbons (Fsp3) is 0.333. The number of carbonyl (C=O) groups excluding carboxylic acids is 2. The smallest absolute Gasteiger partial charge is 0.318 e. The summed E-state index contributed by atoms with van der Waals surface area (Å²) in [5, 5.41) is 5.74. The standard InChI is InChI=1S/C12H16ClN3O2/c1-7(9-3-5-10(13)6-4-9)15-8(2)11(17)16-12(14)18/h3-8,15H,1-2H3,(H3,14,16,17,18)/t7-,8-/m0/s1. The molecule has 0 saturated carbocycles. The number of halogens is 1. The Hall–Kier alpha value is -1.59. The highest BCUT2D eigenvalue weighted by atomic mass is 35.5. The summed E-state index contributed by atoms with van der Waals surface area (Å²) in [6, 6.07) is 5.89. The summed E-state index contributed by atoms with van der Waals surface area (Å²) < 4.78 is 0. The van der Waals surface area contributed by atoms with E-state index in [0.29, 0.717) is 5.02 Å². The van der Waals surface area contributed by atoms with Crippen LogP contribution in [0.25, 0.3) is 0 Å². The number of urea groups is 1. The van der Waals surface area contributed by atoms with Crippen molar-refractivity contribution in [3.05, 3.63) is 34.9 Å². The number of hydrogen-bond donors (Lipinski definition) is 3. The van der Waals surface area contributed by atoms with Crippen LogP contribution in [0.15, 0.2) is 24.3 Å². The molecule has 0 saturated heterocycles. The van der Waals surface area contributed by atoms with Crippen LogP contribution in [-0.2, 0) is 4.79 Å². The van der Waals surface area contributed by atoms with Gasteiger partial charge in [-0.2, -0.15) is 0 Å². The number of carbonyl (C=O) groups is 2. The van der Waals surface area contributed by atoms with Crippen molar-refractivity contribution in [1.29, 1.82) is 0 Å². The van der Waals surface area contributed by atoms with E-state index in [1.807, 2.05) is 24.4 Å². The fourth-order valence-electron chi connectivity index (χ4n) is 1.53. The fourth-order valence-corrected chi connectivity index (χ4v) is 1.65. The number of benzene rings is 1. The molecule has 0 aliphatic heterocycles. The number of imide groups is 1. The number of primary amides is 1. The third-order valence-electron chi connectivity index (χ3n) is 2.51. The normalized spacial score (nSPS) is 13.7. The van der Waals surface area contributed by atoms with Gasteiger partial charge in [0.25, 0.3) is 0 Å². The van der Waals surface area contributed by atoms with Gasteiger partial charge in [0.05, 0.1) is 6.04 Å². The van der Waals surface area contributed by atoms with Crippen molar-refractivity contribution in [3.8, 4) is 0 Å². The maximum Gasteiger partial charge on any atom is 0.318 e. The lowest BCUT2D eigenvalue weighted by atomic mass is 10.1. The molecule has 6 heteroatoms. The molecule has 5 nitrogen and oxygen atoms in total. The van der Waals surface area contributed by atoms with Crippen molar-refractivity contribution in [3.63, 3.8) is 0 Å². The molecule has 3 amide bonds.